The average Bonchev–Trinajstić information content (AvgIpc) is 2.51. The number of carbonyl (C=O) groups excluding carboxylic acids is 2. The first-order valence-corrected chi connectivity index (χ1v) is 7.92. The quantitative estimate of drug-likeness (QED) is 0.819. The van der Waals surface area contributed by atoms with Crippen molar-refractivity contribution in [2.24, 2.45) is 5.73 Å². The highest BCUT2D eigenvalue weighted by Gasteiger charge is 2.15. The van der Waals surface area contributed by atoms with Crippen LogP contribution in [0, 0.1) is 5.82 Å². The van der Waals surface area contributed by atoms with Crippen LogP contribution in [0.15, 0.2) is 40.9 Å². The van der Waals surface area contributed by atoms with Crippen molar-refractivity contribution < 1.29 is 14.0 Å². The van der Waals surface area contributed by atoms with E-state index in [0.29, 0.717) is 22.3 Å². The van der Waals surface area contributed by atoms with E-state index in [0.717, 1.165) is 5.56 Å². The third-order valence-electron chi connectivity index (χ3n) is 3.39. The van der Waals surface area contributed by atoms with Crippen LogP contribution in [0.25, 0.3) is 0 Å². The summed E-state index contributed by atoms with van der Waals surface area (Å²) in [5, 5.41) is 3.00. The maximum Gasteiger partial charge on any atom is 0.253 e. The molecule has 5 nitrogen and oxygen atoms in total. The molecule has 2 rings (SSSR count). The Labute approximate surface area is 147 Å². The molecule has 126 valence electrons. The fourth-order valence-electron chi connectivity index (χ4n) is 2.18. The SMILES string of the molecule is CN(C)C(=O)c1ccc(CNc2cc(Br)cc(F)c2C(N)=O)cc1. The molecular formula is C17H17BrFN3O2. The molecule has 2 aromatic rings. The normalized spacial score (nSPS) is 10.3. The van der Waals surface area contributed by atoms with Crippen molar-refractivity contribution in [3.05, 3.63) is 63.4 Å². The number of nitrogens with zero attached hydrogens (tertiary/aromatic N) is 1. The van der Waals surface area contributed by atoms with E-state index in [1.54, 1.807) is 44.4 Å². The number of nitrogens with one attached hydrogen (secondary N) is 1. The van der Waals surface area contributed by atoms with E-state index in [9.17, 15) is 14.0 Å². The number of primary amides is 1. The third kappa shape index (κ3) is 4.11. The highest BCUT2D eigenvalue weighted by atomic mass is 79.9. The molecule has 0 heterocycles. The summed E-state index contributed by atoms with van der Waals surface area (Å²) < 4.78 is 14.4. The number of anilines is 1. The summed E-state index contributed by atoms with van der Waals surface area (Å²) in [6.45, 7) is 0.354. The van der Waals surface area contributed by atoms with Crippen molar-refractivity contribution in [3.63, 3.8) is 0 Å². The van der Waals surface area contributed by atoms with Crippen LogP contribution in [-0.2, 0) is 6.54 Å². The molecule has 0 unspecified atom stereocenters. The van der Waals surface area contributed by atoms with Crippen LogP contribution < -0.4 is 11.1 Å². The number of benzene rings is 2. The Morgan fingerprint density at radius 2 is 1.83 bits per heavy atom. The van der Waals surface area contributed by atoms with Gasteiger partial charge in [0.1, 0.15) is 5.82 Å². The smallest absolute Gasteiger partial charge is 0.253 e. The van der Waals surface area contributed by atoms with E-state index in [-0.39, 0.29) is 11.5 Å². The Kier molecular flexibility index (Phi) is 5.56. The standard InChI is InChI=1S/C17H17BrFN3O2/c1-22(2)17(24)11-5-3-10(4-6-11)9-21-14-8-12(18)7-13(19)15(14)16(20)23/h3-8,21H,9H2,1-2H3,(H2,20,23). The van der Waals surface area contributed by atoms with Gasteiger partial charge in [-0.15, -0.1) is 0 Å². The fraction of sp³-hybridized carbons (Fsp3) is 0.176. The average molecular weight is 394 g/mol. The molecule has 0 aliphatic rings. The van der Waals surface area contributed by atoms with Crippen LogP contribution in [0.4, 0.5) is 10.1 Å². The Morgan fingerprint density at radius 3 is 2.38 bits per heavy atom. The summed E-state index contributed by atoms with van der Waals surface area (Å²) in [6.07, 6.45) is 0. The van der Waals surface area contributed by atoms with E-state index < -0.39 is 11.7 Å². The zero-order chi connectivity index (χ0) is 17.9. The minimum absolute atomic E-state index is 0.0837. The fourth-order valence-corrected chi connectivity index (χ4v) is 2.61. The van der Waals surface area contributed by atoms with Crippen molar-refractivity contribution in [2.45, 2.75) is 6.54 Å². The summed E-state index contributed by atoms with van der Waals surface area (Å²) in [5.74, 6) is -1.61. The number of rotatable bonds is 5. The van der Waals surface area contributed by atoms with Gasteiger partial charge in [0.15, 0.2) is 0 Å². The number of nitrogens with two attached hydrogens (primary N) is 1. The largest absolute Gasteiger partial charge is 0.380 e. The Hall–Kier alpha value is -2.41. The van der Waals surface area contributed by atoms with Crippen LogP contribution in [0.2, 0.25) is 0 Å². The van der Waals surface area contributed by atoms with Gasteiger partial charge in [0.25, 0.3) is 11.8 Å². The lowest BCUT2D eigenvalue weighted by atomic mass is 10.1. The molecule has 0 atom stereocenters. The van der Waals surface area contributed by atoms with Crippen LogP contribution >= 0.6 is 15.9 Å². The van der Waals surface area contributed by atoms with Gasteiger partial charge in [0.2, 0.25) is 0 Å². The second kappa shape index (κ2) is 7.44. The van der Waals surface area contributed by atoms with Crippen LogP contribution in [0.3, 0.4) is 0 Å². The molecule has 0 fully saturated rings. The molecule has 2 aromatic carbocycles. The zero-order valence-electron chi connectivity index (χ0n) is 13.3. The molecule has 0 saturated heterocycles. The zero-order valence-corrected chi connectivity index (χ0v) is 14.9. The first-order valence-electron chi connectivity index (χ1n) is 7.13. The monoisotopic (exact) mass is 393 g/mol. The molecular weight excluding hydrogens is 377 g/mol. The molecule has 0 bridgehead atoms. The lowest BCUT2D eigenvalue weighted by molar-refractivity contribution is 0.0827. The van der Waals surface area contributed by atoms with E-state index in [4.69, 9.17) is 5.73 Å². The lowest BCUT2D eigenvalue weighted by Gasteiger charge is -2.13. The van der Waals surface area contributed by atoms with Gasteiger partial charge in [0, 0.05) is 30.7 Å². The number of halogens is 2. The lowest BCUT2D eigenvalue weighted by Crippen LogP contribution is -2.21. The van der Waals surface area contributed by atoms with Gasteiger partial charge in [-0.1, -0.05) is 28.1 Å². The topological polar surface area (TPSA) is 75.4 Å². The van der Waals surface area contributed by atoms with Crippen molar-refractivity contribution in [1.29, 1.82) is 0 Å². The van der Waals surface area contributed by atoms with Gasteiger partial charge in [-0.25, -0.2) is 4.39 Å². The molecule has 0 radical (unpaired) electrons. The van der Waals surface area contributed by atoms with Crippen LogP contribution in [0.1, 0.15) is 26.3 Å². The van der Waals surface area contributed by atoms with E-state index in [2.05, 4.69) is 21.2 Å². The molecule has 0 aliphatic carbocycles. The summed E-state index contributed by atoms with van der Waals surface area (Å²) in [4.78, 5) is 24.8. The minimum Gasteiger partial charge on any atom is -0.380 e. The van der Waals surface area contributed by atoms with Crippen LogP contribution in [-0.4, -0.2) is 30.8 Å². The van der Waals surface area contributed by atoms with E-state index in [1.807, 2.05) is 0 Å². The predicted molar refractivity (Wildman–Crippen MR) is 94.4 cm³/mol. The number of carbonyl (C=O) groups is 2. The highest BCUT2D eigenvalue weighted by molar-refractivity contribution is 9.10. The van der Waals surface area contributed by atoms with Crippen molar-refractivity contribution >= 4 is 33.4 Å². The van der Waals surface area contributed by atoms with Gasteiger partial charge in [0.05, 0.1) is 11.3 Å². The molecule has 0 aliphatic heterocycles. The maximum absolute atomic E-state index is 13.9. The Bertz CT molecular complexity index is 776. The molecule has 2 amide bonds. The minimum atomic E-state index is -0.838. The van der Waals surface area contributed by atoms with Gasteiger partial charge in [-0.2, -0.15) is 0 Å². The number of amides is 2. The molecule has 7 heteroatoms. The summed E-state index contributed by atoms with van der Waals surface area (Å²) in [6, 6.07) is 9.80. The Morgan fingerprint density at radius 1 is 1.21 bits per heavy atom. The van der Waals surface area contributed by atoms with Gasteiger partial charge >= 0.3 is 0 Å². The summed E-state index contributed by atoms with van der Waals surface area (Å²) >= 11 is 3.19. The van der Waals surface area contributed by atoms with Crippen molar-refractivity contribution in [1.82, 2.24) is 4.90 Å². The predicted octanol–water partition coefficient (Wildman–Crippen LogP) is 3.00. The molecule has 24 heavy (non-hydrogen) atoms. The van der Waals surface area contributed by atoms with Gasteiger partial charge < -0.3 is 16.0 Å². The third-order valence-corrected chi connectivity index (χ3v) is 3.85. The first kappa shape index (κ1) is 17.9. The molecule has 0 spiro atoms. The summed E-state index contributed by atoms with van der Waals surface area (Å²) in [5.41, 5.74) is 6.82. The van der Waals surface area contributed by atoms with E-state index in [1.165, 1.54) is 11.0 Å². The van der Waals surface area contributed by atoms with Gasteiger partial charge in [-0.05, 0) is 29.8 Å². The second-order valence-electron chi connectivity index (χ2n) is 5.42. The van der Waals surface area contributed by atoms with Crippen molar-refractivity contribution in [2.75, 3.05) is 19.4 Å². The molecule has 0 saturated carbocycles. The number of hydrogen-bond donors (Lipinski definition) is 2. The van der Waals surface area contributed by atoms with Crippen LogP contribution in [0.5, 0.6) is 0 Å². The van der Waals surface area contributed by atoms with Crippen molar-refractivity contribution in [3.8, 4) is 0 Å². The Balaban J connectivity index is 2.17. The molecule has 0 aromatic heterocycles. The maximum atomic E-state index is 13.9. The highest BCUT2D eigenvalue weighted by Crippen LogP contribution is 2.25. The van der Waals surface area contributed by atoms with Gasteiger partial charge in [-0.3, -0.25) is 9.59 Å². The first-order chi connectivity index (χ1) is 11.3. The van der Waals surface area contributed by atoms with E-state index >= 15 is 0 Å². The number of hydrogen-bond acceptors (Lipinski definition) is 3. The molecule has 3 N–H and O–H groups in total. The second-order valence-corrected chi connectivity index (χ2v) is 6.34. The summed E-state index contributed by atoms with van der Waals surface area (Å²) in [7, 11) is 3.37.